The van der Waals surface area contributed by atoms with Gasteiger partial charge in [-0.1, -0.05) is 54.6 Å². The monoisotopic (exact) mass is 332 g/mol. The van der Waals surface area contributed by atoms with Gasteiger partial charge in [-0.25, -0.2) is 4.79 Å². The maximum Gasteiger partial charge on any atom is 0.340 e. The third kappa shape index (κ3) is 3.33. The summed E-state index contributed by atoms with van der Waals surface area (Å²) >= 11 is 0. The quantitative estimate of drug-likeness (QED) is 0.548. The number of hydrogen-bond donors (Lipinski definition) is 2. The molecule has 0 aliphatic heterocycles. The Morgan fingerprint density at radius 1 is 0.880 bits per heavy atom. The summed E-state index contributed by atoms with van der Waals surface area (Å²) in [6.07, 6.45) is 0. The number of rotatable bonds is 4. The zero-order valence-electron chi connectivity index (χ0n) is 14.2. The SMILES string of the molecule is CNc1cc(-c2ccc(-c3ccccc3)cc2)cc(C(=O)OC)c1N. The molecule has 0 aliphatic carbocycles. The maximum absolute atomic E-state index is 12.0. The van der Waals surface area contributed by atoms with Gasteiger partial charge in [-0.2, -0.15) is 0 Å². The Morgan fingerprint density at radius 2 is 1.44 bits per heavy atom. The molecule has 3 rings (SSSR count). The van der Waals surface area contributed by atoms with Crippen LogP contribution in [0.15, 0.2) is 66.7 Å². The Bertz CT molecular complexity index is 888. The molecule has 0 fully saturated rings. The second-order valence-electron chi connectivity index (χ2n) is 5.67. The molecule has 4 heteroatoms. The van der Waals surface area contributed by atoms with E-state index in [9.17, 15) is 4.79 Å². The van der Waals surface area contributed by atoms with Crippen LogP contribution in [0.25, 0.3) is 22.3 Å². The molecule has 0 saturated heterocycles. The van der Waals surface area contributed by atoms with Crippen LogP contribution in [0.5, 0.6) is 0 Å². The van der Waals surface area contributed by atoms with E-state index in [1.165, 1.54) is 7.11 Å². The number of carbonyl (C=O) groups excluding carboxylic acids is 1. The van der Waals surface area contributed by atoms with E-state index in [2.05, 4.69) is 29.6 Å². The molecular formula is C21H20N2O2. The average molecular weight is 332 g/mol. The predicted molar refractivity (Wildman–Crippen MR) is 103 cm³/mol. The van der Waals surface area contributed by atoms with Gasteiger partial charge in [0, 0.05) is 7.05 Å². The molecule has 0 saturated carbocycles. The van der Waals surface area contributed by atoms with E-state index in [1.54, 1.807) is 13.1 Å². The van der Waals surface area contributed by atoms with Crippen LogP contribution in [0.3, 0.4) is 0 Å². The number of methoxy groups -OCH3 is 1. The predicted octanol–water partition coefficient (Wildman–Crippen LogP) is 4.43. The highest BCUT2D eigenvalue weighted by Gasteiger charge is 2.15. The van der Waals surface area contributed by atoms with Crippen molar-refractivity contribution in [2.75, 3.05) is 25.2 Å². The van der Waals surface area contributed by atoms with Gasteiger partial charge in [0.05, 0.1) is 24.0 Å². The molecule has 0 heterocycles. The summed E-state index contributed by atoms with van der Waals surface area (Å²) in [5, 5.41) is 3.03. The lowest BCUT2D eigenvalue weighted by Gasteiger charge is -2.13. The van der Waals surface area contributed by atoms with Crippen LogP contribution in [0.1, 0.15) is 10.4 Å². The van der Waals surface area contributed by atoms with Gasteiger partial charge in [0.1, 0.15) is 0 Å². The smallest absolute Gasteiger partial charge is 0.340 e. The molecule has 3 aromatic carbocycles. The highest BCUT2D eigenvalue weighted by Crippen LogP contribution is 2.32. The fraction of sp³-hybridized carbons (Fsp3) is 0.0952. The van der Waals surface area contributed by atoms with E-state index >= 15 is 0 Å². The Morgan fingerprint density at radius 3 is 2.00 bits per heavy atom. The average Bonchev–Trinajstić information content (AvgIpc) is 2.68. The van der Waals surface area contributed by atoms with E-state index in [0.717, 1.165) is 22.3 Å². The summed E-state index contributed by atoms with van der Waals surface area (Å²) < 4.78 is 4.84. The van der Waals surface area contributed by atoms with Crippen molar-refractivity contribution >= 4 is 17.3 Å². The molecule has 0 unspecified atom stereocenters. The van der Waals surface area contributed by atoms with Crippen LogP contribution in [0.2, 0.25) is 0 Å². The molecule has 4 nitrogen and oxygen atoms in total. The van der Waals surface area contributed by atoms with E-state index in [4.69, 9.17) is 10.5 Å². The first-order valence-corrected chi connectivity index (χ1v) is 7.99. The highest BCUT2D eigenvalue weighted by molar-refractivity contribution is 6.00. The van der Waals surface area contributed by atoms with Crippen LogP contribution in [-0.2, 0) is 4.74 Å². The van der Waals surface area contributed by atoms with E-state index < -0.39 is 5.97 Å². The molecule has 0 spiro atoms. The molecule has 3 aromatic rings. The van der Waals surface area contributed by atoms with Crippen molar-refractivity contribution in [2.24, 2.45) is 0 Å². The summed E-state index contributed by atoms with van der Waals surface area (Å²) in [6, 6.07) is 22.1. The molecule has 3 N–H and O–H groups in total. The van der Waals surface area contributed by atoms with E-state index in [1.807, 2.05) is 36.4 Å². The molecule has 25 heavy (non-hydrogen) atoms. The largest absolute Gasteiger partial charge is 0.465 e. The Balaban J connectivity index is 2.03. The van der Waals surface area contributed by atoms with Gasteiger partial charge in [0.15, 0.2) is 0 Å². The minimum absolute atomic E-state index is 0.358. The number of anilines is 2. The summed E-state index contributed by atoms with van der Waals surface area (Å²) in [6.45, 7) is 0. The zero-order valence-corrected chi connectivity index (χ0v) is 14.2. The second kappa shape index (κ2) is 7.09. The van der Waals surface area contributed by atoms with E-state index in [-0.39, 0.29) is 0 Å². The minimum atomic E-state index is -0.447. The third-order valence-corrected chi connectivity index (χ3v) is 4.18. The van der Waals surface area contributed by atoms with Crippen molar-refractivity contribution in [3.8, 4) is 22.3 Å². The van der Waals surface area contributed by atoms with Crippen LogP contribution in [0.4, 0.5) is 11.4 Å². The first kappa shape index (κ1) is 16.6. The van der Waals surface area contributed by atoms with Gasteiger partial charge in [0.25, 0.3) is 0 Å². The Hall–Kier alpha value is -3.27. The number of nitrogens with two attached hydrogens (primary N) is 1. The number of benzene rings is 3. The van der Waals surface area contributed by atoms with Gasteiger partial charge in [0.2, 0.25) is 0 Å². The molecule has 0 aromatic heterocycles. The molecule has 0 radical (unpaired) electrons. The number of carbonyl (C=O) groups is 1. The Labute approximate surface area is 147 Å². The van der Waals surface area contributed by atoms with E-state index in [0.29, 0.717) is 16.9 Å². The summed E-state index contributed by atoms with van der Waals surface area (Å²) in [5.74, 6) is -0.447. The standard InChI is InChI=1S/C21H20N2O2/c1-23-19-13-17(12-18(20(19)22)21(24)25-2)16-10-8-15(9-11-16)14-6-4-3-5-7-14/h3-13,23H,22H2,1-2H3. The molecule has 0 bridgehead atoms. The van der Waals surface area contributed by atoms with Crippen molar-refractivity contribution in [1.29, 1.82) is 0 Å². The molecular weight excluding hydrogens is 312 g/mol. The molecule has 0 aliphatic rings. The van der Waals surface area contributed by atoms with Crippen molar-refractivity contribution in [3.05, 3.63) is 72.3 Å². The van der Waals surface area contributed by atoms with Crippen LogP contribution >= 0.6 is 0 Å². The Kier molecular flexibility index (Phi) is 4.70. The van der Waals surface area contributed by atoms with Gasteiger partial charge in [-0.15, -0.1) is 0 Å². The van der Waals surface area contributed by atoms with Gasteiger partial charge in [-0.3, -0.25) is 0 Å². The van der Waals surface area contributed by atoms with Crippen molar-refractivity contribution < 1.29 is 9.53 Å². The second-order valence-corrected chi connectivity index (χ2v) is 5.67. The van der Waals surface area contributed by atoms with Gasteiger partial charge in [-0.05, 0) is 34.4 Å². The normalized spacial score (nSPS) is 10.3. The summed E-state index contributed by atoms with van der Waals surface area (Å²) in [5.41, 5.74) is 11.7. The fourth-order valence-electron chi connectivity index (χ4n) is 2.79. The lowest BCUT2D eigenvalue weighted by atomic mass is 9.97. The van der Waals surface area contributed by atoms with Crippen LogP contribution < -0.4 is 11.1 Å². The summed E-state index contributed by atoms with van der Waals surface area (Å²) in [4.78, 5) is 12.0. The first-order valence-electron chi connectivity index (χ1n) is 7.99. The lowest BCUT2D eigenvalue weighted by molar-refractivity contribution is 0.0602. The third-order valence-electron chi connectivity index (χ3n) is 4.18. The van der Waals surface area contributed by atoms with Gasteiger partial charge >= 0.3 is 5.97 Å². The maximum atomic E-state index is 12.0. The highest BCUT2D eigenvalue weighted by atomic mass is 16.5. The molecule has 0 amide bonds. The number of ether oxygens (including phenoxy) is 1. The van der Waals surface area contributed by atoms with Gasteiger partial charge < -0.3 is 15.8 Å². The summed E-state index contributed by atoms with van der Waals surface area (Å²) in [7, 11) is 3.12. The van der Waals surface area contributed by atoms with Crippen molar-refractivity contribution in [3.63, 3.8) is 0 Å². The number of esters is 1. The number of nitrogens with one attached hydrogen (secondary N) is 1. The number of nitrogen functional groups attached to an aromatic ring is 1. The zero-order chi connectivity index (χ0) is 17.8. The fourth-order valence-corrected chi connectivity index (χ4v) is 2.79. The topological polar surface area (TPSA) is 64.3 Å². The van der Waals surface area contributed by atoms with Crippen molar-refractivity contribution in [1.82, 2.24) is 0 Å². The van der Waals surface area contributed by atoms with Crippen LogP contribution in [0, 0.1) is 0 Å². The van der Waals surface area contributed by atoms with Crippen molar-refractivity contribution in [2.45, 2.75) is 0 Å². The first-order chi connectivity index (χ1) is 12.1. The minimum Gasteiger partial charge on any atom is -0.465 e. The van der Waals surface area contributed by atoms with Crippen LogP contribution in [-0.4, -0.2) is 20.1 Å². The lowest BCUT2D eigenvalue weighted by Crippen LogP contribution is -2.08. The number of hydrogen-bond acceptors (Lipinski definition) is 4. The molecule has 126 valence electrons. The molecule has 0 atom stereocenters.